The van der Waals surface area contributed by atoms with E-state index in [0.29, 0.717) is 12.0 Å². The topological polar surface area (TPSA) is 76.4 Å². The van der Waals surface area contributed by atoms with Gasteiger partial charge in [0.25, 0.3) is 0 Å². The molecule has 1 aliphatic heterocycles. The van der Waals surface area contributed by atoms with E-state index in [2.05, 4.69) is 10.3 Å². The van der Waals surface area contributed by atoms with E-state index >= 15 is 0 Å². The molecule has 58 valence electrons. The average Bonchev–Trinajstić information content (AvgIpc) is 2.31. The summed E-state index contributed by atoms with van der Waals surface area (Å²) in [5, 5.41) is 3.06. The van der Waals surface area contributed by atoms with Crippen LogP contribution in [0.5, 0.6) is 0 Å². The highest BCUT2D eigenvalue weighted by Crippen LogP contribution is 2.00. The van der Waals surface area contributed by atoms with E-state index in [-0.39, 0.29) is 0 Å². The van der Waals surface area contributed by atoms with Crippen LogP contribution in [-0.4, -0.2) is 25.1 Å². The van der Waals surface area contributed by atoms with Crippen molar-refractivity contribution in [3.05, 3.63) is 0 Å². The van der Waals surface area contributed by atoms with Crippen LogP contribution in [0.4, 0.5) is 0 Å². The van der Waals surface area contributed by atoms with Crippen molar-refractivity contribution in [1.82, 2.24) is 5.32 Å². The molecule has 1 unspecified atom stereocenters. The van der Waals surface area contributed by atoms with E-state index in [9.17, 15) is 0 Å². The van der Waals surface area contributed by atoms with Gasteiger partial charge in [-0.15, -0.1) is 0 Å². The maximum Gasteiger partial charge on any atom is 0.188 e. The van der Waals surface area contributed by atoms with E-state index in [4.69, 9.17) is 11.5 Å². The summed E-state index contributed by atoms with van der Waals surface area (Å²) in [6, 6.07) is 0.434. The lowest BCUT2D eigenvalue weighted by Crippen LogP contribution is -2.35. The minimum atomic E-state index is 0.434. The molecule has 0 radical (unpaired) electrons. The van der Waals surface area contributed by atoms with Gasteiger partial charge in [0, 0.05) is 6.04 Å². The van der Waals surface area contributed by atoms with Crippen LogP contribution in [0, 0.1) is 0 Å². The third-order valence-corrected chi connectivity index (χ3v) is 1.59. The van der Waals surface area contributed by atoms with Gasteiger partial charge in [-0.25, -0.2) is 0 Å². The first kappa shape index (κ1) is 7.34. The Balaban J connectivity index is 2.11. The zero-order valence-electron chi connectivity index (χ0n) is 6.01. The molecule has 0 saturated heterocycles. The lowest BCUT2D eigenvalue weighted by molar-refractivity contribution is 0.576. The van der Waals surface area contributed by atoms with Crippen LogP contribution in [0.2, 0.25) is 0 Å². The van der Waals surface area contributed by atoms with Crippen molar-refractivity contribution in [2.75, 3.05) is 13.1 Å². The molecule has 1 rings (SSSR count). The van der Waals surface area contributed by atoms with E-state index < -0.39 is 0 Å². The summed E-state index contributed by atoms with van der Waals surface area (Å²) in [4.78, 5) is 4.01. The molecule has 4 nitrogen and oxygen atoms in total. The maximum absolute atomic E-state index is 5.40. The van der Waals surface area contributed by atoms with Gasteiger partial charge in [-0.05, 0) is 19.4 Å². The number of nitrogens with one attached hydrogen (secondary N) is 1. The maximum atomic E-state index is 5.40. The number of aliphatic imine (C=N–C) groups is 1. The van der Waals surface area contributed by atoms with Gasteiger partial charge in [0.05, 0.1) is 6.54 Å². The molecule has 0 aliphatic carbocycles. The summed E-state index contributed by atoms with van der Waals surface area (Å²) in [5.41, 5.74) is 10.7. The van der Waals surface area contributed by atoms with Crippen LogP contribution < -0.4 is 16.8 Å². The predicted molar refractivity (Wildman–Crippen MR) is 41.7 cm³/mol. The third kappa shape index (κ3) is 1.88. The number of nitrogens with zero attached hydrogens (tertiary/aromatic N) is 1. The Kier molecular flexibility index (Phi) is 2.50. The van der Waals surface area contributed by atoms with Crippen molar-refractivity contribution in [2.45, 2.75) is 18.9 Å². The molecule has 1 heterocycles. The van der Waals surface area contributed by atoms with Gasteiger partial charge in [-0.2, -0.15) is 0 Å². The molecule has 0 bridgehead atoms. The minimum absolute atomic E-state index is 0.434. The van der Waals surface area contributed by atoms with Crippen molar-refractivity contribution in [3.63, 3.8) is 0 Å². The molecule has 0 saturated carbocycles. The van der Waals surface area contributed by atoms with Crippen LogP contribution >= 0.6 is 0 Å². The summed E-state index contributed by atoms with van der Waals surface area (Å²) in [6.45, 7) is 1.56. The van der Waals surface area contributed by atoms with E-state index in [1.807, 2.05) is 0 Å². The molecule has 0 fully saturated rings. The SMILES string of the molecule is NCCCC1CN=C(N)N1. The predicted octanol–water partition coefficient (Wildman–Crippen LogP) is -0.988. The van der Waals surface area contributed by atoms with Crippen LogP contribution in [-0.2, 0) is 0 Å². The first-order valence-electron chi connectivity index (χ1n) is 3.59. The molecule has 10 heavy (non-hydrogen) atoms. The van der Waals surface area contributed by atoms with Crippen LogP contribution in [0.15, 0.2) is 4.99 Å². The van der Waals surface area contributed by atoms with Crippen molar-refractivity contribution >= 4 is 5.96 Å². The molecule has 1 atom stereocenters. The number of hydrogen-bond acceptors (Lipinski definition) is 4. The molecule has 5 N–H and O–H groups in total. The third-order valence-electron chi connectivity index (χ3n) is 1.59. The first-order valence-corrected chi connectivity index (χ1v) is 3.59. The van der Waals surface area contributed by atoms with Gasteiger partial charge in [-0.3, -0.25) is 4.99 Å². The molecular weight excluding hydrogens is 128 g/mol. The molecule has 0 aromatic carbocycles. The Bertz CT molecular complexity index is 132. The molecule has 0 spiro atoms. The van der Waals surface area contributed by atoms with E-state index in [1.54, 1.807) is 0 Å². The van der Waals surface area contributed by atoms with Gasteiger partial charge in [-0.1, -0.05) is 0 Å². The minimum Gasteiger partial charge on any atom is -0.370 e. The van der Waals surface area contributed by atoms with Gasteiger partial charge >= 0.3 is 0 Å². The fourth-order valence-electron chi connectivity index (χ4n) is 1.04. The molecule has 4 heteroatoms. The zero-order valence-corrected chi connectivity index (χ0v) is 6.01. The van der Waals surface area contributed by atoms with E-state index in [0.717, 1.165) is 25.9 Å². The lowest BCUT2D eigenvalue weighted by atomic mass is 10.2. The van der Waals surface area contributed by atoms with Crippen LogP contribution in [0.25, 0.3) is 0 Å². The van der Waals surface area contributed by atoms with Gasteiger partial charge < -0.3 is 16.8 Å². The summed E-state index contributed by atoms with van der Waals surface area (Å²) in [5.74, 6) is 0.571. The molecule has 1 aliphatic rings. The lowest BCUT2D eigenvalue weighted by Gasteiger charge is -2.07. The zero-order chi connectivity index (χ0) is 7.40. The quantitative estimate of drug-likeness (QED) is 0.473. The smallest absolute Gasteiger partial charge is 0.188 e. The van der Waals surface area contributed by atoms with E-state index in [1.165, 1.54) is 0 Å². The summed E-state index contributed by atoms with van der Waals surface area (Å²) in [6.07, 6.45) is 2.11. The van der Waals surface area contributed by atoms with Crippen LogP contribution in [0.3, 0.4) is 0 Å². The number of nitrogens with two attached hydrogens (primary N) is 2. The second kappa shape index (κ2) is 3.41. The Morgan fingerprint density at radius 2 is 2.50 bits per heavy atom. The van der Waals surface area contributed by atoms with Crippen LogP contribution in [0.1, 0.15) is 12.8 Å². The highest BCUT2D eigenvalue weighted by molar-refractivity contribution is 5.79. The molecule has 0 aromatic rings. The molecule has 0 aromatic heterocycles. The largest absolute Gasteiger partial charge is 0.370 e. The Morgan fingerprint density at radius 1 is 1.70 bits per heavy atom. The monoisotopic (exact) mass is 142 g/mol. The molecule has 0 amide bonds. The second-order valence-electron chi connectivity index (χ2n) is 2.50. The Labute approximate surface area is 60.7 Å². The normalized spacial score (nSPS) is 24.1. The van der Waals surface area contributed by atoms with Gasteiger partial charge in [0.2, 0.25) is 0 Å². The van der Waals surface area contributed by atoms with Crippen molar-refractivity contribution in [1.29, 1.82) is 0 Å². The number of hydrogen-bond donors (Lipinski definition) is 3. The fourth-order valence-corrected chi connectivity index (χ4v) is 1.04. The van der Waals surface area contributed by atoms with Crippen molar-refractivity contribution < 1.29 is 0 Å². The molecular formula is C6H14N4. The second-order valence-corrected chi connectivity index (χ2v) is 2.50. The van der Waals surface area contributed by atoms with Gasteiger partial charge in [0.1, 0.15) is 0 Å². The standard InChI is InChI=1S/C6H14N4/c7-3-1-2-5-4-9-6(8)10-5/h5H,1-4,7H2,(H3,8,9,10). The Hall–Kier alpha value is -0.770. The Morgan fingerprint density at radius 3 is 3.00 bits per heavy atom. The number of guanidine groups is 1. The fraction of sp³-hybridized carbons (Fsp3) is 0.833. The highest BCUT2D eigenvalue weighted by Gasteiger charge is 2.13. The first-order chi connectivity index (χ1) is 4.83. The van der Waals surface area contributed by atoms with Gasteiger partial charge in [0.15, 0.2) is 5.96 Å². The summed E-state index contributed by atoms with van der Waals surface area (Å²) >= 11 is 0. The summed E-state index contributed by atoms with van der Waals surface area (Å²) < 4.78 is 0. The van der Waals surface area contributed by atoms with Crippen molar-refractivity contribution in [3.8, 4) is 0 Å². The number of rotatable bonds is 3. The summed E-state index contributed by atoms with van der Waals surface area (Å²) in [7, 11) is 0. The van der Waals surface area contributed by atoms with Crippen molar-refractivity contribution in [2.24, 2.45) is 16.5 Å². The average molecular weight is 142 g/mol. The highest BCUT2D eigenvalue weighted by atomic mass is 15.2.